The van der Waals surface area contributed by atoms with Crippen LogP contribution in [0.15, 0.2) is 29.3 Å². The zero-order chi connectivity index (χ0) is 15.0. The van der Waals surface area contributed by atoms with Crippen molar-refractivity contribution < 1.29 is 4.92 Å². The number of nitrogens with zero attached hydrogens (tertiary/aromatic N) is 3. The normalized spacial score (nSPS) is 22.1. The van der Waals surface area contributed by atoms with E-state index < -0.39 is 0 Å². The molecule has 2 aliphatic heterocycles. The van der Waals surface area contributed by atoms with Gasteiger partial charge in [-0.2, -0.15) is 0 Å². The third kappa shape index (κ3) is 2.89. The minimum Gasteiger partial charge on any atom is -0.368 e. The molecule has 0 aliphatic carbocycles. The van der Waals surface area contributed by atoms with Gasteiger partial charge in [0.2, 0.25) is 0 Å². The highest BCUT2D eigenvalue weighted by molar-refractivity contribution is 6.29. The number of benzene rings is 1. The fourth-order valence-electron chi connectivity index (χ4n) is 3.18. The van der Waals surface area contributed by atoms with Gasteiger partial charge in [0.05, 0.1) is 4.92 Å². The average molecular weight is 308 g/mol. The zero-order valence-electron chi connectivity index (χ0n) is 12.0. The van der Waals surface area contributed by atoms with E-state index in [2.05, 4.69) is 9.80 Å². The summed E-state index contributed by atoms with van der Waals surface area (Å²) in [6, 6.07) is 5.68. The molecule has 112 valence electrons. The second-order valence-electron chi connectivity index (χ2n) is 5.66. The topological polar surface area (TPSA) is 49.6 Å². The van der Waals surface area contributed by atoms with Crippen molar-refractivity contribution in [3.05, 3.63) is 45.0 Å². The second-order valence-corrected chi connectivity index (χ2v) is 6.26. The van der Waals surface area contributed by atoms with E-state index in [-0.39, 0.29) is 10.6 Å². The number of fused-ring (bicyclic) bond motifs is 4. The third-order valence-corrected chi connectivity index (χ3v) is 4.44. The molecule has 0 aromatic heterocycles. The lowest BCUT2D eigenvalue weighted by Gasteiger charge is -2.46. The molecule has 1 aromatic carbocycles. The van der Waals surface area contributed by atoms with Crippen LogP contribution in [0.5, 0.6) is 0 Å². The molecule has 1 saturated heterocycles. The number of hydrogen-bond donors (Lipinski definition) is 0. The maximum Gasteiger partial charge on any atom is 0.271 e. The Labute approximate surface area is 128 Å². The number of allylic oxidation sites excluding steroid dienone is 1. The molecule has 2 heterocycles. The van der Waals surface area contributed by atoms with Gasteiger partial charge in [-0.05, 0) is 18.9 Å². The summed E-state index contributed by atoms with van der Waals surface area (Å²) in [7, 11) is 0. The van der Waals surface area contributed by atoms with Gasteiger partial charge in [0, 0.05) is 55.1 Å². The van der Waals surface area contributed by atoms with Gasteiger partial charge in [0.15, 0.2) is 0 Å². The molecule has 6 heteroatoms. The number of halogens is 1. The standard InChI is InChI=1S/C15H18ClN3O2/c1-11(16)4-5-17-6-7-18-10-14(17)8-12-2-3-13(19(20)21)9-15(12)18/h2-4,9,14H,5-8,10H2,1H3. The molecule has 21 heavy (non-hydrogen) atoms. The number of non-ortho nitro benzene ring substituents is 1. The van der Waals surface area contributed by atoms with Crippen molar-refractivity contribution in [3.63, 3.8) is 0 Å². The van der Waals surface area contributed by atoms with Gasteiger partial charge in [0.25, 0.3) is 5.69 Å². The van der Waals surface area contributed by atoms with Crippen molar-refractivity contribution >= 4 is 23.0 Å². The Kier molecular flexibility index (Phi) is 3.87. The molecule has 0 radical (unpaired) electrons. The summed E-state index contributed by atoms with van der Waals surface area (Å²) in [4.78, 5) is 15.3. The van der Waals surface area contributed by atoms with E-state index in [1.165, 1.54) is 5.56 Å². The van der Waals surface area contributed by atoms with Crippen LogP contribution < -0.4 is 4.90 Å². The minimum atomic E-state index is -0.323. The van der Waals surface area contributed by atoms with Crippen LogP contribution in [-0.2, 0) is 6.42 Å². The quantitative estimate of drug-likeness (QED) is 0.636. The van der Waals surface area contributed by atoms with Crippen LogP contribution in [0.1, 0.15) is 12.5 Å². The fourth-order valence-corrected chi connectivity index (χ4v) is 3.24. The summed E-state index contributed by atoms with van der Waals surface area (Å²) in [5, 5.41) is 11.7. The Balaban J connectivity index is 1.83. The van der Waals surface area contributed by atoms with E-state index in [0.717, 1.165) is 43.3 Å². The average Bonchev–Trinajstić information content (AvgIpc) is 2.46. The molecule has 0 spiro atoms. The molecule has 2 aliphatic rings. The minimum absolute atomic E-state index is 0.176. The molecule has 1 unspecified atom stereocenters. The van der Waals surface area contributed by atoms with Gasteiger partial charge in [-0.1, -0.05) is 23.7 Å². The van der Waals surface area contributed by atoms with Crippen molar-refractivity contribution in [2.24, 2.45) is 0 Å². The third-order valence-electron chi connectivity index (χ3n) is 4.29. The van der Waals surface area contributed by atoms with Gasteiger partial charge < -0.3 is 4.90 Å². The number of rotatable bonds is 3. The van der Waals surface area contributed by atoms with Crippen molar-refractivity contribution in [3.8, 4) is 0 Å². The highest BCUT2D eigenvalue weighted by atomic mass is 35.5. The van der Waals surface area contributed by atoms with Crippen LogP contribution in [0.25, 0.3) is 0 Å². The van der Waals surface area contributed by atoms with Crippen molar-refractivity contribution in [2.45, 2.75) is 19.4 Å². The van der Waals surface area contributed by atoms with E-state index in [9.17, 15) is 10.1 Å². The van der Waals surface area contributed by atoms with Gasteiger partial charge in [0.1, 0.15) is 0 Å². The smallest absolute Gasteiger partial charge is 0.271 e. The molecule has 0 amide bonds. The summed E-state index contributed by atoms with van der Waals surface area (Å²) in [5.74, 6) is 0. The summed E-state index contributed by atoms with van der Waals surface area (Å²) in [6.07, 6.45) is 2.99. The first-order chi connectivity index (χ1) is 10.0. The molecule has 5 nitrogen and oxygen atoms in total. The number of nitro groups is 1. The fraction of sp³-hybridized carbons (Fsp3) is 0.467. The highest BCUT2D eigenvalue weighted by Gasteiger charge is 2.33. The molecule has 2 bridgehead atoms. The van der Waals surface area contributed by atoms with E-state index in [1.807, 2.05) is 19.1 Å². The van der Waals surface area contributed by atoms with Crippen molar-refractivity contribution in [1.29, 1.82) is 0 Å². The van der Waals surface area contributed by atoms with Crippen LogP contribution in [-0.4, -0.2) is 42.0 Å². The first kappa shape index (κ1) is 14.4. The Morgan fingerprint density at radius 1 is 1.52 bits per heavy atom. The predicted molar refractivity (Wildman–Crippen MR) is 84.0 cm³/mol. The van der Waals surface area contributed by atoms with E-state index in [4.69, 9.17) is 11.6 Å². The molecular weight excluding hydrogens is 290 g/mol. The summed E-state index contributed by atoms with van der Waals surface area (Å²) in [5.41, 5.74) is 2.41. The summed E-state index contributed by atoms with van der Waals surface area (Å²) >= 11 is 5.92. The van der Waals surface area contributed by atoms with E-state index >= 15 is 0 Å². The lowest BCUT2D eigenvalue weighted by Crippen LogP contribution is -2.56. The molecular formula is C15H18ClN3O2. The zero-order valence-corrected chi connectivity index (χ0v) is 12.7. The first-order valence-electron chi connectivity index (χ1n) is 7.13. The predicted octanol–water partition coefficient (Wildman–Crippen LogP) is 2.78. The van der Waals surface area contributed by atoms with Gasteiger partial charge >= 0.3 is 0 Å². The number of hydrogen-bond acceptors (Lipinski definition) is 4. The van der Waals surface area contributed by atoms with Crippen LogP contribution in [0, 0.1) is 10.1 Å². The lowest BCUT2D eigenvalue weighted by atomic mass is 9.94. The summed E-state index contributed by atoms with van der Waals surface area (Å²) in [6.45, 7) is 5.57. The molecule has 1 atom stereocenters. The van der Waals surface area contributed by atoms with Crippen LogP contribution in [0.2, 0.25) is 0 Å². The lowest BCUT2D eigenvalue weighted by molar-refractivity contribution is -0.384. The molecule has 1 fully saturated rings. The number of anilines is 1. The molecule has 0 saturated carbocycles. The number of piperazine rings is 1. The van der Waals surface area contributed by atoms with Crippen LogP contribution in [0.3, 0.4) is 0 Å². The molecule has 0 N–H and O–H groups in total. The Hall–Kier alpha value is -1.59. The second kappa shape index (κ2) is 5.66. The Morgan fingerprint density at radius 3 is 3.05 bits per heavy atom. The Bertz CT molecular complexity index is 599. The molecule has 3 rings (SSSR count). The maximum atomic E-state index is 10.9. The largest absolute Gasteiger partial charge is 0.368 e. The summed E-state index contributed by atoms with van der Waals surface area (Å²) < 4.78 is 0. The van der Waals surface area contributed by atoms with Gasteiger partial charge in [-0.3, -0.25) is 15.0 Å². The maximum absolute atomic E-state index is 10.9. The van der Waals surface area contributed by atoms with Crippen molar-refractivity contribution in [1.82, 2.24) is 4.90 Å². The van der Waals surface area contributed by atoms with Gasteiger partial charge in [-0.25, -0.2) is 0 Å². The van der Waals surface area contributed by atoms with E-state index in [1.54, 1.807) is 12.1 Å². The van der Waals surface area contributed by atoms with Crippen LogP contribution in [0.4, 0.5) is 11.4 Å². The van der Waals surface area contributed by atoms with Crippen molar-refractivity contribution in [2.75, 3.05) is 31.1 Å². The highest BCUT2D eigenvalue weighted by Crippen LogP contribution is 2.34. The molecule has 1 aromatic rings. The van der Waals surface area contributed by atoms with Crippen LogP contribution >= 0.6 is 11.6 Å². The Morgan fingerprint density at radius 2 is 2.33 bits per heavy atom. The number of nitro benzene ring substituents is 1. The first-order valence-corrected chi connectivity index (χ1v) is 7.51. The monoisotopic (exact) mass is 307 g/mol. The van der Waals surface area contributed by atoms with E-state index in [0.29, 0.717) is 6.04 Å². The van der Waals surface area contributed by atoms with Gasteiger partial charge in [-0.15, -0.1) is 0 Å². The SMILES string of the molecule is CC(Cl)=CCN1CCN2CC1Cc1ccc([N+](=O)[O-])cc12.